The molecule has 0 unspecified atom stereocenters. The minimum Gasteiger partial charge on any atom is -0.419 e. The molecule has 0 bridgehead atoms. The smallest absolute Gasteiger partial charge is 0.306 e. The highest BCUT2D eigenvalue weighted by Gasteiger charge is 2.17. The summed E-state index contributed by atoms with van der Waals surface area (Å²) in [5.41, 5.74) is 3.87. The maximum Gasteiger partial charge on any atom is 0.306 e. The van der Waals surface area contributed by atoms with Crippen LogP contribution in [0.1, 0.15) is 11.6 Å². The molecule has 31 heavy (non-hydrogen) atoms. The van der Waals surface area contributed by atoms with Gasteiger partial charge in [0.2, 0.25) is 5.89 Å². The predicted molar refractivity (Wildman–Crippen MR) is 106 cm³/mol. The molecule has 0 spiro atoms. The summed E-state index contributed by atoms with van der Waals surface area (Å²) in [6.07, 6.45) is 6.43. The van der Waals surface area contributed by atoms with Crippen molar-refractivity contribution >= 4 is 11.3 Å². The van der Waals surface area contributed by atoms with Gasteiger partial charge in [0, 0.05) is 43.5 Å². The van der Waals surface area contributed by atoms with Crippen LogP contribution in [0.5, 0.6) is 0 Å². The average molecular weight is 420 g/mol. The molecule has 5 aromatic heterocycles. The van der Waals surface area contributed by atoms with Crippen molar-refractivity contribution in [1.29, 1.82) is 0 Å². The van der Waals surface area contributed by atoms with Crippen molar-refractivity contribution < 1.29 is 9.34 Å². The number of hydrogen-bond acceptors (Lipinski definition) is 9. The van der Waals surface area contributed by atoms with Crippen LogP contribution in [0.3, 0.4) is 0 Å². The van der Waals surface area contributed by atoms with Crippen LogP contribution in [-0.4, -0.2) is 49.3 Å². The molecule has 0 aromatic carbocycles. The fraction of sp³-hybridized carbons (Fsp3) is 0.222. The Kier molecular flexibility index (Phi) is 4.27. The zero-order chi connectivity index (χ0) is 21.5. The maximum absolute atomic E-state index is 10.7. The Morgan fingerprint density at radius 2 is 2.10 bits per heavy atom. The van der Waals surface area contributed by atoms with E-state index in [4.69, 9.17) is 4.42 Å². The Balaban J connectivity index is 1.40. The van der Waals surface area contributed by atoms with E-state index in [1.807, 2.05) is 20.0 Å². The summed E-state index contributed by atoms with van der Waals surface area (Å²) in [5, 5.41) is 31.7. The van der Waals surface area contributed by atoms with Crippen LogP contribution in [0.2, 0.25) is 0 Å². The molecule has 13 nitrogen and oxygen atoms in total. The number of fused-ring (bicyclic) bond motifs is 1. The first kappa shape index (κ1) is 18.6. The molecule has 13 heteroatoms. The van der Waals surface area contributed by atoms with E-state index in [-0.39, 0.29) is 11.6 Å². The Labute approximate surface area is 174 Å². The molecule has 0 aliphatic rings. The summed E-state index contributed by atoms with van der Waals surface area (Å²) in [5.74, 6) is 0.641. The van der Waals surface area contributed by atoms with Gasteiger partial charge in [-0.25, -0.2) is 9.50 Å². The third-order valence-corrected chi connectivity index (χ3v) is 4.94. The largest absolute Gasteiger partial charge is 0.419 e. The van der Waals surface area contributed by atoms with Gasteiger partial charge in [-0.3, -0.25) is 19.5 Å². The highest BCUT2D eigenvalue weighted by atomic mass is 16.6. The summed E-state index contributed by atoms with van der Waals surface area (Å²) >= 11 is 0. The van der Waals surface area contributed by atoms with Crippen LogP contribution in [0.15, 0.2) is 41.3 Å². The Bertz CT molecular complexity index is 1410. The van der Waals surface area contributed by atoms with E-state index in [2.05, 4.69) is 30.5 Å². The van der Waals surface area contributed by atoms with Crippen molar-refractivity contribution in [2.24, 2.45) is 7.05 Å². The van der Waals surface area contributed by atoms with E-state index in [1.165, 1.54) is 17.1 Å². The summed E-state index contributed by atoms with van der Waals surface area (Å²) in [6, 6.07) is 3.64. The minimum atomic E-state index is -0.493. The lowest BCUT2D eigenvalue weighted by atomic mass is 10.2. The zero-order valence-corrected chi connectivity index (χ0v) is 16.6. The summed E-state index contributed by atoms with van der Waals surface area (Å²) in [4.78, 5) is 14.6. The second-order valence-electron chi connectivity index (χ2n) is 6.87. The van der Waals surface area contributed by atoms with Gasteiger partial charge in [0.25, 0.3) is 5.89 Å². The lowest BCUT2D eigenvalue weighted by molar-refractivity contribution is -0.385. The van der Waals surface area contributed by atoms with Crippen molar-refractivity contribution in [3.8, 4) is 22.8 Å². The average Bonchev–Trinajstić information content (AvgIpc) is 3.53. The Morgan fingerprint density at radius 3 is 2.84 bits per heavy atom. The van der Waals surface area contributed by atoms with E-state index in [0.29, 0.717) is 30.2 Å². The molecule has 0 amide bonds. The molecule has 0 saturated carbocycles. The molecule has 5 aromatic rings. The fourth-order valence-corrected chi connectivity index (χ4v) is 3.19. The van der Waals surface area contributed by atoms with Gasteiger partial charge in [-0.2, -0.15) is 15.3 Å². The first-order valence-electron chi connectivity index (χ1n) is 9.33. The van der Waals surface area contributed by atoms with E-state index in [1.54, 1.807) is 27.7 Å². The topological polar surface area (TPSA) is 148 Å². The molecule has 5 rings (SSSR count). The molecule has 0 aliphatic carbocycles. The normalized spacial score (nSPS) is 11.4. The second kappa shape index (κ2) is 7.12. The molecule has 0 fully saturated rings. The predicted octanol–water partition coefficient (Wildman–Crippen LogP) is 1.84. The number of aromatic nitrogens is 9. The minimum absolute atomic E-state index is 0.0666. The van der Waals surface area contributed by atoms with Gasteiger partial charge in [-0.15, -0.1) is 10.2 Å². The molecule has 0 aliphatic heterocycles. The molecular weight excluding hydrogens is 404 g/mol. The van der Waals surface area contributed by atoms with Gasteiger partial charge in [-0.05, 0) is 13.0 Å². The van der Waals surface area contributed by atoms with Crippen molar-refractivity contribution in [2.45, 2.75) is 19.9 Å². The van der Waals surface area contributed by atoms with Gasteiger partial charge < -0.3 is 4.42 Å². The van der Waals surface area contributed by atoms with Crippen LogP contribution in [0.4, 0.5) is 5.69 Å². The lowest BCUT2D eigenvalue weighted by Gasteiger charge is -2.03. The van der Waals surface area contributed by atoms with Crippen molar-refractivity contribution in [3.05, 3.63) is 58.6 Å². The Hall–Kier alpha value is -4.42. The van der Waals surface area contributed by atoms with E-state index < -0.39 is 4.92 Å². The second-order valence-corrected chi connectivity index (χ2v) is 6.87. The summed E-state index contributed by atoms with van der Waals surface area (Å²) in [6.45, 7) is 2.35. The Morgan fingerprint density at radius 1 is 1.23 bits per heavy atom. The maximum atomic E-state index is 10.7. The van der Waals surface area contributed by atoms with E-state index in [9.17, 15) is 10.1 Å². The summed E-state index contributed by atoms with van der Waals surface area (Å²) in [7, 11) is 1.88. The van der Waals surface area contributed by atoms with Crippen LogP contribution in [0, 0.1) is 17.0 Å². The number of hydrogen-bond donors (Lipinski definition) is 0. The van der Waals surface area contributed by atoms with E-state index in [0.717, 1.165) is 17.0 Å². The van der Waals surface area contributed by atoms with Crippen LogP contribution >= 0.6 is 0 Å². The molecule has 0 radical (unpaired) electrons. The third-order valence-electron chi connectivity index (χ3n) is 4.94. The molecule has 0 saturated heterocycles. The lowest BCUT2D eigenvalue weighted by Crippen LogP contribution is -2.01. The molecule has 156 valence electrons. The van der Waals surface area contributed by atoms with Gasteiger partial charge in [-0.1, -0.05) is 0 Å². The van der Waals surface area contributed by atoms with Gasteiger partial charge in [0.15, 0.2) is 11.3 Å². The standard InChI is InChI=1S/C18H16N10O3/c1-11-13(9-20-25(11)2)15-3-5-19-16-7-14(24-27(15)16)18-23-22-17(31-18)4-6-26-10-12(8-21-26)28(29)30/h3,5,7-10H,4,6H2,1-2H3. The molecule has 0 atom stereocenters. The van der Waals surface area contributed by atoms with Crippen LogP contribution in [-0.2, 0) is 20.0 Å². The van der Waals surface area contributed by atoms with Gasteiger partial charge in [0.05, 0.1) is 16.8 Å². The zero-order valence-electron chi connectivity index (χ0n) is 16.6. The van der Waals surface area contributed by atoms with Crippen molar-refractivity contribution in [2.75, 3.05) is 0 Å². The monoisotopic (exact) mass is 420 g/mol. The quantitative estimate of drug-likeness (QED) is 0.296. The van der Waals surface area contributed by atoms with Crippen LogP contribution in [0.25, 0.3) is 28.5 Å². The first-order chi connectivity index (χ1) is 15.0. The number of rotatable bonds is 6. The SMILES string of the molecule is Cc1c(-c2ccnc3cc(-c4nnc(CCn5cc([N+](=O)[O-])cn5)o4)nn23)cnn1C. The van der Waals surface area contributed by atoms with E-state index >= 15 is 0 Å². The highest BCUT2D eigenvalue weighted by Crippen LogP contribution is 2.25. The first-order valence-corrected chi connectivity index (χ1v) is 9.33. The fourth-order valence-electron chi connectivity index (χ4n) is 3.19. The van der Waals surface area contributed by atoms with Gasteiger partial charge >= 0.3 is 5.69 Å². The van der Waals surface area contributed by atoms with Crippen molar-refractivity contribution in [3.63, 3.8) is 0 Å². The molecule has 0 N–H and O–H groups in total. The number of nitro groups is 1. The number of nitrogens with zero attached hydrogens (tertiary/aromatic N) is 10. The van der Waals surface area contributed by atoms with Crippen LogP contribution < -0.4 is 0 Å². The van der Waals surface area contributed by atoms with Gasteiger partial charge in [0.1, 0.15) is 12.4 Å². The third kappa shape index (κ3) is 3.31. The molecular formula is C18H16N10O3. The molecule has 5 heterocycles. The number of aryl methyl sites for hydroxylation is 3. The summed E-state index contributed by atoms with van der Waals surface area (Å²) < 4.78 is 10.7. The highest BCUT2D eigenvalue weighted by molar-refractivity contribution is 5.66. The van der Waals surface area contributed by atoms with Crippen molar-refractivity contribution in [1.82, 2.24) is 44.4 Å².